The van der Waals surface area contributed by atoms with Crippen LogP contribution < -0.4 is 0 Å². The van der Waals surface area contributed by atoms with Crippen LogP contribution in [0.25, 0.3) is 22.6 Å². The van der Waals surface area contributed by atoms with Crippen molar-refractivity contribution in [3.63, 3.8) is 0 Å². The molecule has 5 rings (SSSR count). The van der Waals surface area contributed by atoms with Gasteiger partial charge in [0.1, 0.15) is 5.69 Å². The van der Waals surface area contributed by atoms with E-state index in [-0.39, 0.29) is 5.91 Å². The van der Waals surface area contributed by atoms with E-state index < -0.39 is 0 Å². The Morgan fingerprint density at radius 1 is 1.23 bits per heavy atom. The normalized spacial score (nSPS) is 16.7. The number of aromatic nitrogens is 4. The lowest BCUT2D eigenvalue weighted by atomic mass is 9.94. The third-order valence-corrected chi connectivity index (χ3v) is 6.08. The van der Waals surface area contributed by atoms with Crippen molar-refractivity contribution < 1.29 is 9.32 Å². The van der Waals surface area contributed by atoms with Crippen LogP contribution >= 0.6 is 11.3 Å². The average Bonchev–Trinajstić information content (AvgIpc) is 3.55. The fourth-order valence-corrected chi connectivity index (χ4v) is 4.50. The Morgan fingerprint density at radius 2 is 2.13 bits per heavy atom. The number of carbonyl (C=O) groups is 1. The Bertz CT molecular complexity index is 1120. The monoisotopic (exact) mass is 419 g/mol. The number of hydrogen-bond donors (Lipinski definition) is 1. The van der Waals surface area contributed by atoms with E-state index in [9.17, 15) is 4.79 Å². The third kappa shape index (κ3) is 3.91. The molecule has 0 aliphatic carbocycles. The fraction of sp³-hybridized carbons (Fsp3) is 0.273. The third-order valence-electron chi connectivity index (χ3n) is 5.39. The highest BCUT2D eigenvalue weighted by Gasteiger charge is 2.27. The molecule has 4 aromatic rings. The van der Waals surface area contributed by atoms with Gasteiger partial charge in [-0.05, 0) is 36.3 Å². The number of hydrogen-bond acceptors (Lipinski definition) is 6. The van der Waals surface area contributed by atoms with E-state index in [2.05, 4.69) is 20.3 Å². The molecule has 1 aliphatic heterocycles. The van der Waals surface area contributed by atoms with E-state index in [4.69, 9.17) is 4.52 Å². The molecule has 1 N–H and O–H groups in total. The highest BCUT2D eigenvalue weighted by molar-refractivity contribution is 7.08. The number of H-pyrrole nitrogens is 1. The molecule has 1 atom stereocenters. The molecule has 1 fully saturated rings. The molecule has 152 valence electrons. The Labute approximate surface area is 177 Å². The summed E-state index contributed by atoms with van der Waals surface area (Å²) >= 11 is 1.61. The minimum Gasteiger partial charge on any atom is -0.339 e. The highest BCUT2D eigenvalue weighted by atomic mass is 32.1. The van der Waals surface area contributed by atoms with Crippen LogP contribution in [0.1, 0.15) is 29.2 Å². The largest absolute Gasteiger partial charge is 0.339 e. The summed E-state index contributed by atoms with van der Waals surface area (Å²) in [6.07, 6.45) is 2.68. The number of likely N-dealkylation sites (tertiary alicyclic amines) is 1. The molecule has 1 saturated heterocycles. The second kappa shape index (κ2) is 8.23. The first-order chi connectivity index (χ1) is 14.8. The maximum atomic E-state index is 13.0. The molecule has 0 radical (unpaired) electrons. The predicted octanol–water partition coefficient (Wildman–Crippen LogP) is 4.28. The highest BCUT2D eigenvalue weighted by Crippen LogP contribution is 2.25. The number of piperidine rings is 1. The van der Waals surface area contributed by atoms with Crippen molar-refractivity contribution in [1.29, 1.82) is 0 Å². The van der Waals surface area contributed by atoms with E-state index in [0.717, 1.165) is 36.2 Å². The van der Waals surface area contributed by atoms with Crippen LogP contribution in [0.2, 0.25) is 0 Å². The number of aromatic amines is 1. The topological polar surface area (TPSA) is 87.9 Å². The van der Waals surface area contributed by atoms with Crippen LogP contribution in [0.4, 0.5) is 0 Å². The van der Waals surface area contributed by atoms with Crippen molar-refractivity contribution in [2.24, 2.45) is 5.92 Å². The smallest absolute Gasteiger partial charge is 0.271 e. The number of benzene rings is 1. The molecule has 0 saturated carbocycles. The van der Waals surface area contributed by atoms with Crippen LogP contribution in [0.3, 0.4) is 0 Å². The zero-order valence-corrected chi connectivity index (χ0v) is 17.1. The van der Waals surface area contributed by atoms with Crippen molar-refractivity contribution in [1.82, 2.24) is 25.2 Å². The molecule has 1 aromatic carbocycles. The van der Waals surface area contributed by atoms with Gasteiger partial charge in [0, 0.05) is 36.0 Å². The van der Waals surface area contributed by atoms with Gasteiger partial charge in [-0.15, -0.1) is 0 Å². The molecule has 0 spiro atoms. The Balaban J connectivity index is 1.24. The van der Waals surface area contributed by atoms with E-state index in [0.29, 0.717) is 36.3 Å². The van der Waals surface area contributed by atoms with Crippen molar-refractivity contribution in [3.05, 3.63) is 64.8 Å². The lowest BCUT2D eigenvalue weighted by molar-refractivity contribution is 0.0662. The van der Waals surface area contributed by atoms with Gasteiger partial charge in [0.25, 0.3) is 5.91 Å². The van der Waals surface area contributed by atoms with Crippen molar-refractivity contribution in [3.8, 4) is 22.6 Å². The molecule has 3 aromatic heterocycles. The molecular weight excluding hydrogens is 398 g/mol. The van der Waals surface area contributed by atoms with E-state index in [1.807, 2.05) is 58.1 Å². The standard InChI is InChI=1S/C22H21N5O2S/c28-22(19-12-18(24-25-19)16-6-2-1-3-7-16)27-9-4-5-15(13-27)11-20-23-21(26-29-20)17-8-10-30-14-17/h1-3,6-8,10,12,14-15H,4-5,9,11,13H2,(H,24,25). The molecule has 30 heavy (non-hydrogen) atoms. The SMILES string of the molecule is O=C(c1cc(-c2ccccc2)n[nH]1)N1CCCC(Cc2nc(-c3ccsc3)no2)C1. The predicted molar refractivity (Wildman–Crippen MR) is 114 cm³/mol. The number of amides is 1. The van der Waals surface area contributed by atoms with Gasteiger partial charge in [-0.3, -0.25) is 9.89 Å². The van der Waals surface area contributed by atoms with Crippen LogP contribution in [0.15, 0.2) is 57.7 Å². The first-order valence-electron chi connectivity index (χ1n) is 10.0. The summed E-state index contributed by atoms with van der Waals surface area (Å²) in [5, 5.41) is 15.3. The Hall–Kier alpha value is -3.26. The Morgan fingerprint density at radius 3 is 2.97 bits per heavy atom. The van der Waals surface area contributed by atoms with Gasteiger partial charge in [-0.1, -0.05) is 35.5 Å². The van der Waals surface area contributed by atoms with E-state index in [1.165, 1.54) is 0 Å². The van der Waals surface area contributed by atoms with Crippen molar-refractivity contribution in [2.75, 3.05) is 13.1 Å². The van der Waals surface area contributed by atoms with Gasteiger partial charge in [-0.25, -0.2) is 0 Å². The van der Waals surface area contributed by atoms with Crippen LogP contribution in [-0.4, -0.2) is 44.2 Å². The number of carbonyl (C=O) groups excluding carboxylic acids is 1. The van der Waals surface area contributed by atoms with Crippen LogP contribution in [0.5, 0.6) is 0 Å². The maximum Gasteiger partial charge on any atom is 0.271 e. The van der Waals surface area contributed by atoms with Gasteiger partial charge in [0.2, 0.25) is 11.7 Å². The minimum absolute atomic E-state index is 0.0149. The minimum atomic E-state index is -0.0149. The van der Waals surface area contributed by atoms with E-state index in [1.54, 1.807) is 11.3 Å². The van der Waals surface area contributed by atoms with Gasteiger partial charge in [0.05, 0.1) is 5.69 Å². The van der Waals surface area contributed by atoms with Crippen molar-refractivity contribution in [2.45, 2.75) is 19.3 Å². The van der Waals surface area contributed by atoms with Gasteiger partial charge in [0.15, 0.2) is 0 Å². The first-order valence-corrected chi connectivity index (χ1v) is 11.0. The zero-order chi connectivity index (χ0) is 20.3. The molecule has 1 aliphatic rings. The van der Waals surface area contributed by atoms with Gasteiger partial charge < -0.3 is 9.42 Å². The Kier molecular flexibility index (Phi) is 5.15. The average molecular weight is 420 g/mol. The fourth-order valence-electron chi connectivity index (χ4n) is 3.87. The molecule has 0 bridgehead atoms. The molecule has 1 unspecified atom stereocenters. The molecule has 1 amide bonds. The number of thiophene rings is 1. The second-order valence-electron chi connectivity index (χ2n) is 7.52. The lowest BCUT2D eigenvalue weighted by Gasteiger charge is -2.31. The summed E-state index contributed by atoms with van der Waals surface area (Å²) < 4.78 is 5.45. The van der Waals surface area contributed by atoms with Crippen LogP contribution in [-0.2, 0) is 6.42 Å². The number of nitrogens with one attached hydrogen (secondary N) is 1. The van der Waals surface area contributed by atoms with Crippen LogP contribution in [0, 0.1) is 5.92 Å². The summed E-state index contributed by atoms with van der Waals surface area (Å²) in [4.78, 5) is 19.4. The molecule has 4 heterocycles. The molecule has 8 heteroatoms. The van der Waals surface area contributed by atoms with Gasteiger partial charge >= 0.3 is 0 Å². The van der Waals surface area contributed by atoms with Crippen molar-refractivity contribution >= 4 is 17.2 Å². The summed E-state index contributed by atoms with van der Waals surface area (Å²) in [5.74, 6) is 1.54. The summed E-state index contributed by atoms with van der Waals surface area (Å²) in [5.41, 5.74) is 3.26. The summed E-state index contributed by atoms with van der Waals surface area (Å²) in [6, 6.07) is 13.7. The summed E-state index contributed by atoms with van der Waals surface area (Å²) in [7, 11) is 0. The molecular formula is C22H21N5O2S. The second-order valence-corrected chi connectivity index (χ2v) is 8.30. The first kappa shape index (κ1) is 18.7. The number of nitrogens with zero attached hydrogens (tertiary/aromatic N) is 4. The number of rotatable bonds is 5. The maximum absolute atomic E-state index is 13.0. The van der Waals surface area contributed by atoms with E-state index >= 15 is 0 Å². The quantitative estimate of drug-likeness (QED) is 0.522. The summed E-state index contributed by atoms with van der Waals surface area (Å²) in [6.45, 7) is 1.42. The molecule has 7 nitrogen and oxygen atoms in total. The zero-order valence-electron chi connectivity index (χ0n) is 16.3. The van der Waals surface area contributed by atoms with Gasteiger partial charge in [-0.2, -0.15) is 21.4 Å². The lowest BCUT2D eigenvalue weighted by Crippen LogP contribution is -2.40.